The van der Waals surface area contributed by atoms with Crippen LogP contribution in [0.25, 0.3) is 0 Å². The maximum absolute atomic E-state index is 12.9. The molecule has 0 saturated carbocycles. The molecule has 2 atom stereocenters. The lowest BCUT2D eigenvalue weighted by Gasteiger charge is -2.23. The number of anilines is 1. The van der Waals surface area contributed by atoms with Crippen molar-refractivity contribution in [2.45, 2.75) is 64.4 Å². The molecule has 10 nitrogen and oxygen atoms in total. The molecule has 3 amide bonds. The standard InChI is InChI=1S/C24H34N6O4/c1-17-8-7-11-30(17)21(31)13-29-12-20(26-16-29)28-22(32)19(27-23(33)24(2,3)25)15-34-14-18-9-5-4-6-10-18/h4-6,9-10,12,16-17,19H,7-8,11,13-15,25H2,1-3H3,(H,27,33)(H,28,32). The topological polar surface area (TPSA) is 132 Å². The van der Waals surface area contributed by atoms with E-state index in [0.717, 1.165) is 24.9 Å². The highest BCUT2D eigenvalue weighted by Crippen LogP contribution is 2.17. The minimum absolute atomic E-state index is 0.0184. The molecule has 2 aromatic rings. The van der Waals surface area contributed by atoms with Crippen LogP contribution in [0.1, 0.15) is 39.2 Å². The molecule has 34 heavy (non-hydrogen) atoms. The molecule has 1 saturated heterocycles. The van der Waals surface area contributed by atoms with Gasteiger partial charge in [-0.3, -0.25) is 14.4 Å². The van der Waals surface area contributed by atoms with E-state index in [1.807, 2.05) is 42.2 Å². The summed E-state index contributed by atoms with van der Waals surface area (Å²) >= 11 is 0. The highest BCUT2D eigenvalue weighted by atomic mass is 16.5. The molecule has 10 heteroatoms. The Kier molecular flexibility index (Phi) is 8.41. The third-order valence-corrected chi connectivity index (χ3v) is 5.68. The average molecular weight is 471 g/mol. The fraction of sp³-hybridized carbons (Fsp3) is 0.500. The molecule has 184 valence electrons. The number of imidazole rings is 1. The molecule has 0 aliphatic carbocycles. The number of aromatic nitrogens is 2. The van der Waals surface area contributed by atoms with E-state index in [9.17, 15) is 14.4 Å². The number of ether oxygens (including phenoxy) is 1. The first kappa shape index (κ1) is 25.4. The van der Waals surface area contributed by atoms with Crippen molar-refractivity contribution in [3.8, 4) is 0 Å². The van der Waals surface area contributed by atoms with Crippen molar-refractivity contribution in [3.05, 3.63) is 48.4 Å². The number of nitrogens with two attached hydrogens (primary N) is 1. The van der Waals surface area contributed by atoms with Crippen LogP contribution in [0.15, 0.2) is 42.9 Å². The van der Waals surface area contributed by atoms with Crippen LogP contribution in [0.4, 0.5) is 5.82 Å². The minimum Gasteiger partial charge on any atom is -0.374 e. The van der Waals surface area contributed by atoms with Gasteiger partial charge in [0.05, 0.1) is 25.1 Å². The van der Waals surface area contributed by atoms with Crippen molar-refractivity contribution in [1.82, 2.24) is 19.8 Å². The molecule has 2 heterocycles. The largest absolute Gasteiger partial charge is 0.374 e. The molecule has 0 spiro atoms. The quantitative estimate of drug-likeness (QED) is 0.479. The van der Waals surface area contributed by atoms with Gasteiger partial charge in [0.1, 0.15) is 12.6 Å². The third kappa shape index (κ3) is 7.13. The van der Waals surface area contributed by atoms with Crippen LogP contribution < -0.4 is 16.4 Å². The Hall–Kier alpha value is -3.24. The summed E-state index contributed by atoms with van der Waals surface area (Å²) in [6, 6.07) is 8.78. The number of nitrogens with zero attached hydrogens (tertiary/aromatic N) is 3. The maximum atomic E-state index is 12.9. The van der Waals surface area contributed by atoms with Crippen molar-refractivity contribution < 1.29 is 19.1 Å². The lowest BCUT2D eigenvalue weighted by atomic mass is 10.1. The summed E-state index contributed by atoms with van der Waals surface area (Å²) in [7, 11) is 0. The zero-order valence-corrected chi connectivity index (χ0v) is 20.0. The monoisotopic (exact) mass is 470 g/mol. The Morgan fingerprint density at radius 1 is 1.26 bits per heavy atom. The molecule has 1 aliphatic heterocycles. The maximum Gasteiger partial charge on any atom is 0.250 e. The van der Waals surface area contributed by atoms with Crippen LogP contribution >= 0.6 is 0 Å². The Morgan fingerprint density at radius 3 is 2.65 bits per heavy atom. The molecule has 1 aliphatic rings. The number of likely N-dealkylation sites (tertiary alicyclic amines) is 1. The number of rotatable bonds is 10. The number of hydrogen-bond acceptors (Lipinski definition) is 6. The summed E-state index contributed by atoms with van der Waals surface area (Å²) in [5, 5.41) is 5.34. The van der Waals surface area contributed by atoms with Crippen molar-refractivity contribution in [1.29, 1.82) is 0 Å². The molecule has 0 bridgehead atoms. The first-order valence-electron chi connectivity index (χ1n) is 11.5. The zero-order chi connectivity index (χ0) is 24.7. The smallest absolute Gasteiger partial charge is 0.250 e. The summed E-state index contributed by atoms with van der Waals surface area (Å²) in [6.45, 7) is 6.31. The number of nitrogens with one attached hydrogen (secondary N) is 2. The molecule has 1 aromatic heterocycles. The summed E-state index contributed by atoms with van der Waals surface area (Å²) in [6.07, 6.45) is 5.11. The molecule has 1 fully saturated rings. The van der Waals surface area contributed by atoms with Gasteiger partial charge in [0.25, 0.3) is 5.91 Å². The van der Waals surface area contributed by atoms with E-state index in [1.165, 1.54) is 6.33 Å². The number of amides is 3. The Bertz CT molecular complexity index is 985. The van der Waals surface area contributed by atoms with Gasteiger partial charge in [0.15, 0.2) is 5.82 Å². The van der Waals surface area contributed by atoms with Gasteiger partial charge in [0, 0.05) is 18.8 Å². The van der Waals surface area contributed by atoms with E-state index in [2.05, 4.69) is 15.6 Å². The van der Waals surface area contributed by atoms with Crippen molar-refractivity contribution >= 4 is 23.5 Å². The van der Waals surface area contributed by atoms with Gasteiger partial charge in [-0.1, -0.05) is 30.3 Å². The fourth-order valence-corrected chi connectivity index (χ4v) is 3.67. The molecule has 4 N–H and O–H groups in total. The molecular weight excluding hydrogens is 436 g/mol. The molecule has 1 aromatic carbocycles. The Morgan fingerprint density at radius 2 is 2.00 bits per heavy atom. The normalized spacial score (nSPS) is 16.8. The first-order valence-corrected chi connectivity index (χ1v) is 11.5. The number of carbonyl (C=O) groups is 3. The summed E-state index contributed by atoms with van der Waals surface area (Å²) < 4.78 is 7.32. The van der Waals surface area contributed by atoms with E-state index in [4.69, 9.17) is 10.5 Å². The molecular formula is C24H34N6O4. The van der Waals surface area contributed by atoms with Crippen LogP contribution in [0, 0.1) is 0 Å². The lowest BCUT2D eigenvalue weighted by molar-refractivity contribution is -0.132. The van der Waals surface area contributed by atoms with Gasteiger partial charge in [-0.2, -0.15) is 0 Å². The average Bonchev–Trinajstić information content (AvgIpc) is 3.41. The third-order valence-electron chi connectivity index (χ3n) is 5.68. The second kappa shape index (κ2) is 11.3. The predicted molar refractivity (Wildman–Crippen MR) is 128 cm³/mol. The fourth-order valence-electron chi connectivity index (χ4n) is 3.67. The van der Waals surface area contributed by atoms with Gasteiger partial charge in [0.2, 0.25) is 11.8 Å². The second-order valence-electron chi connectivity index (χ2n) is 9.25. The molecule has 0 radical (unpaired) electrons. The minimum atomic E-state index is -1.16. The summed E-state index contributed by atoms with van der Waals surface area (Å²) in [4.78, 5) is 43.9. The number of carbonyl (C=O) groups excluding carboxylic acids is 3. The second-order valence-corrected chi connectivity index (χ2v) is 9.25. The van der Waals surface area contributed by atoms with Gasteiger partial charge >= 0.3 is 0 Å². The van der Waals surface area contributed by atoms with Crippen molar-refractivity contribution in [2.75, 3.05) is 18.5 Å². The predicted octanol–water partition coefficient (Wildman–Crippen LogP) is 1.27. The van der Waals surface area contributed by atoms with E-state index in [-0.39, 0.29) is 37.5 Å². The van der Waals surface area contributed by atoms with E-state index < -0.39 is 23.4 Å². The first-order chi connectivity index (χ1) is 16.1. The lowest BCUT2D eigenvalue weighted by Crippen LogP contribution is -2.56. The Balaban J connectivity index is 1.60. The highest BCUT2D eigenvalue weighted by molar-refractivity contribution is 5.98. The summed E-state index contributed by atoms with van der Waals surface area (Å²) in [5.41, 5.74) is 5.66. The van der Waals surface area contributed by atoms with Crippen LogP contribution in [0.5, 0.6) is 0 Å². The van der Waals surface area contributed by atoms with E-state index in [1.54, 1.807) is 24.6 Å². The molecule has 2 unspecified atom stereocenters. The van der Waals surface area contributed by atoms with Crippen molar-refractivity contribution in [2.24, 2.45) is 5.73 Å². The van der Waals surface area contributed by atoms with Crippen molar-refractivity contribution in [3.63, 3.8) is 0 Å². The van der Waals surface area contributed by atoms with Crippen LogP contribution in [0.2, 0.25) is 0 Å². The highest BCUT2D eigenvalue weighted by Gasteiger charge is 2.29. The van der Waals surface area contributed by atoms with Gasteiger partial charge in [-0.05, 0) is 39.2 Å². The SMILES string of the molecule is CC1CCCN1C(=O)Cn1cnc(NC(=O)C(COCc2ccccc2)NC(=O)C(C)(C)N)c1. The summed E-state index contributed by atoms with van der Waals surface area (Å²) in [5.74, 6) is -0.672. The van der Waals surface area contributed by atoms with Crippen LogP contribution in [-0.4, -0.2) is 62.9 Å². The number of benzene rings is 1. The van der Waals surface area contributed by atoms with E-state index in [0.29, 0.717) is 0 Å². The van der Waals surface area contributed by atoms with E-state index >= 15 is 0 Å². The zero-order valence-electron chi connectivity index (χ0n) is 20.0. The van der Waals surface area contributed by atoms with Gasteiger partial charge < -0.3 is 30.6 Å². The van der Waals surface area contributed by atoms with Crippen LogP contribution in [0.3, 0.4) is 0 Å². The van der Waals surface area contributed by atoms with Gasteiger partial charge in [-0.25, -0.2) is 4.98 Å². The number of hydrogen-bond donors (Lipinski definition) is 3. The van der Waals surface area contributed by atoms with Gasteiger partial charge in [-0.15, -0.1) is 0 Å². The van der Waals surface area contributed by atoms with Crippen LogP contribution in [-0.2, 0) is 32.3 Å². The Labute approximate surface area is 199 Å². The molecule has 3 rings (SSSR count).